The molecule has 0 radical (unpaired) electrons. The predicted molar refractivity (Wildman–Crippen MR) is 103 cm³/mol. The Morgan fingerprint density at radius 3 is 2.27 bits per heavy atom. The van der Waals surface area contributed by atoms with Crippen molar-refractivity contribution in [2.75, 3.05) is 0 Å². The van der Waals surface area contributed by atoms with E-state index in [9.17, 15) is 0 Å². The molecule has 0 saturated carbocycles. The zero-order valence-electron chi connectivity index (χ0n) is 14.0. The van der Waals surface area contributed by atoms with Crippen LogP contribution in [0.3, 0.4) is 0 Å². The van der Waals surface area contributed by atoms with Crippen molar-refractivity contribution < 1.29 is 0 Å². The average molecular weight is 330 g/mol. The highest BCUT2D eigenvalue weighted by molar-refractivity contribution is 5.92. The first-order valence-corrected chi connectivity index (χ1v) is 8.79. The van der Waals surface area contributed by atoms with Crippen LogP contribution >= 0.6 is 0 Å². The fraction of sp³-hybridized carbons (Fsp3) is 0. The normalized spacial score (nSPS) is 12.5. The third-order valence-corrected chi connectivity index (χ3v) is 5.18. The van der Waals surface area contributed by atoms with Crippen molar-refractivity contribution >= 4 is 11.4 Å². The second-order valence-electron chi connectivity index (χ2n) is 6.67. The zero-order valence-corrected chi connectivity index (χ0v) is 14.0. The molecule has 0 bridgehead atoms. The molecule has 0 N–H and O–H groups in total. The van der Waals surface area contributed by atoms with Gasteiger partial charge in [0.2, 0.25) is 0 Å². The van der Waals surface area contributed by atoms with E-state index < -0.39 is 0 Å². The summed E-state index contributed by atoms with van der Waals surface area (Å²) in [7, 11) is 0. The van der Waals surface area contributed by atoms with E-state index >= 15 is 0 Å². The van der Waals surface area contributed by atoms with E-state index in [0.29, 0.717) is 0 Å². The molecule has 6 rings (SSSR count). The van der Waals surface area contributed by atoms with Gasteiger partial charge in [0.1, 0.15) is 0 Å². The van der Waals surface area contributed by atoms with Gasteiger partial charge in [0.05, 0.1) is 22.1 Å². The van der Waals surface area contributed by atoms with Crippen LogP contribution in [-0.4, -0.2) is 0 Å². The van der Waals surface area contributed by atoms with Crippen molar-refractivity contribution in [1.82, 2.24) is 0 Å². The van der Waals surface area contributed by atoms with E-state index in [1.165, 1.54) is 27.5 Å². The van der Waals surface area contributed by atoms with Gasteiger partial charge in [-0.05, 0) is 29.3 Å². The second kappa shape index (κ2) is 4.99. The largest absolute Gasteiger partial charge is 0.248 e. The molecule has 2 nitrogen and oxygen atoms in total. The number of fused-ring (bicyclic) bond motifs is 6. The van der Waals surface area contributed by atoms with Crippen LogP contribution in [0.15, 0.2) is 94.9 Å². The Kier molecular flexibility index (Phi) is 2.64. The molecule has 2 aliphatic heterocycles. The van der Waals surface area contributed by atoms with Crippen LogP contribution in [0.4, 0.5) is 11.4 Å². The molecule has 0 unspecified atom stereocenters. The van der Waals surface area contributed by atoms with Gasteiger partial charge in [-0.15, -0.1) is 0 Å². The molecule has 0 aliphatic carbocycles. The molecule has 26 heavy (non-hydrogen) atoms. The summed E-state index contributed by atoms with van der Waals surface area (Å²) in [4.78, 5) is 9.89. The molecule has 2 heterocycles. The van der Waals surface area contributed by atoms with Gasteiger partial charge >= 0.3 is 0 Å². The number of benzene rings is 4. The first kappa shape index (κ1) is 13.7. The fourth-order valence-corrected chi connectivity index (χ4v) is 4.05. The van der Waals surface area contributed by atoms with E-state index in [1.807, 2.05) is 6.07 Å². The summed E-state index contributed by atoms with van der Waals surface area (Å²) < 4.78 is 0. The van der Waals surface area contributed by atoms with E-state index in [-0.39, 0.29) is 0 Å². The monoisotopic (exact) mass is 330 g/mol. The summed E-state index contributed by atoms with van der Waals surface area (Å²) >= 11 is 0. The van der Waals surface area contributed by atoms with Crippen LogP contribution in [0.5, 0.6) is 0 Å². The fourth-order valence-electron chi connectivity index (χ4n) is 4.05. The highest BCUT2D eigenvalue weighted by atomic mass is 14.8. The van der Waals surface area contributed by atoms with Crippen molar-refractivity contribution in [3.8, 4) is 22.3 Å². The highest BCUT2D eigenvalue weighted by Gasteiger charge is 2.22. The smallest absolute Gasteiger partial charge is 0.0823 e. The Labute approximate surface area is 150 Å². The lowest BCUT2D eigenvalue weighted by atomic mass is 9.93. The van der Waals surface area contributed by atoms with E-state index in [1.54, 1.807) is 0 Å². The lowest BCUT2D eigenvalue weighted by Gasteiger charge is -2.09. The minimum Gasteiger partial charge on any atom is -0.248 e. The van der Waals surface area contributed by atoms with Gasteiger partial charge in [-0.3, -0.25) is 0 Å². The molecule has 120 valence electrons. The molecular weight excluding hydrogens is 316 g/mol. The lowest BCUT2D eigenvalue weighted by molar-refractivity contribution is 1.35. The maximum Gasteiger partial charge on any atom is 0.0823 e. The molecule has 2 aliphatic rings. The summed E-state index contributed by atoms with van der Waals surface area (Å²) in [6.45, 7) is 0. The van der Waals surface area contributed by atoms with E-state index in [2.05, 4.69) is 78.9 Å². The third kappa shape index (κ3) is 1.76. The van der Waals surface area contributed by atoms with Crippen molar-refractivity contribution in [2.45, 2.75) is 0 Å². The van der Waals surface area contributed by atoms with Crippen LogP contribution in [0, 0.1) is 10.4 Å². The summed E-state index contributed by atoms with van der Waals surface area (Å²) in [6, 6.07) is 29.5. The summed E-state index contributed by atoms with van der Waals surface area (Å²) in [5, 5.41) is 4.42. The topological polar surface area (TPSA) is 24.7 Å². The number of para-hydroxylation sites is 2. The summed E-state index contributed by atoms with van der Waals surface area (Å²) in [5.41, 5.74) is 6.87. The number of hydrogen-bond acceptors (Lipinski definition) is 2. The number of nitrogens with zero attached hydrogens (tertiary/aromatic N) is 2. The molecule has 0 saturated heterocycles. The van der Waals surface area contributed by atoms with Crippen LogP contribution in [0.1, 0.15) is 0 Å². The van der Waals surface area contributed by atoms with E-state index in [0.717, 1.165) is 27.3 Å². The molecule has 4 aromatic carbocycles. The van der Waals surface area contributed by atoms with Gasteiger partial charge in [0, 0.05) is 21.6 Å². The van der Waals surface area contributed by atoms with E-state index in [4.69, 9.17) is 9.98 Å². The molecule has 0 amide bonds. The molecule has 2 heteroatoms. The van der Waals surface area contributed by atoms with Gasteiger partial charge in [-0.2, -0.15) is 0 Å². The van der Waals surface area contributed by atoms with Crippen LogP contribution in [-0.2, 0) is 0 Å². The average Bonchev–Trinajstić information content (AvgIpc) is 3.26. The first-order chi connectivity index (χ1) is 12.9. The predicted octanol–water partition coefficient (Wildman–Crippen LogP) is 4.84. The molecule has 4 aromatic rings. The van der Waals surface area contributed by atoms with Crippen LogP contribution in [0.25, 0.3) is 22.3 Å². The Morgan fingerprint density at radius 1 is 0.577 bits per heavy atom. The molecule has 0 fully saturated rings. The van der Waals surface area contributed by atoms with Crippen molar-refractivity contribution in [1.29, 1.82) is 0 Å². The summed E-state index contributed by atoms with van der Waals surface area (Å²) in [5.74, 6) is 0. The quantitative estimate of drug-likeness (QED) is 0.412. The molecule has 0 spiro atoms. The number of hydrogen-bond donors (Lipinski definition) is 0. The second-order valence-corrected chi connectivity index (χ2v) is 6.67. The van der Waals surface area contributed by atoms with Gasteiger partial charge in [0.15, 0.2) is 0 Å². The first-order valence-electron chi connectivity index (χ1n) is 8.79. The standard InChI is InChI=1S/C24H14N2/c1-2-8-15(9-3-1)18-14-21-23(17-11-5-6-12-19(17)25-21)24-22(18)16-10-4-7-13-20(16)26-24/h1-14H. The third-order valence-electron chi connectivity index (χ3n) is 5.18. The van der Waals surface area contributed by atoms with Gasteiger partial charge in [-0.25, -0.2) is 9.98 Å². The Bertz CT molecular complexity index is 1420. The van der Waals surface area contributed by atoms with Crippen molar-refractivity contribution in [3.63, 3.8) is 0 Å². The lowest BCUT2D eigenvalue weighted by Crippen LogP contribution is -2.07. The number of rotatable bonds is 1. The molecule has 0 atom stereocenters. The summed E-state index contributed by atoms with van der Waals surface area (Å²) in [6.07, 6.45) is 0. The van der Waals surface area contributed by atoms with Crippen molar-refractivity contribution in [2.24, 2.45) is 9.98 Å². The maximum absolute atomic E-state index is 5.01. The minimum absolute atomic E-state index is 1.01. The highest BCUT2D eigenvalue weighted by Crippen LogP contribution is 2.40. The van der Waals surface area contributed by atoms with Crippen molar-refractivity contribution in [3.05, 3.63) is 106 Å². The van der Waals surface area contributed by atoms with Gasteiger partial charge in [0.25, 0.3) is 0 Å². The SMILES string of the molecule is c1ccc(-c2cc3c(c4c2-c2ccccc2N=4)=c2ccccc2=N3)cc1. The van der Waals surface area contributed by atoms with Gasteiger partial charge in [-0.1, -0.05) is 66.7 Å². The maximum atomic E-state index is 5.01. The Hall–Kier alpha value is -3.52. The van der Waals surface area contributed by atoms with Crippen LogP contribution in [0.2, 0.25) is 0 Å². The Balaban J connectivity index is 1.87. The molecule has 0 aromatic heterocycles. The molecular formula is C24H14N2. The Morgan fingerprint density at radius 2 is 1.35 bits per heavy atom. The van der Waals surface area contributed by atoms with Crippen LogP contribution < -0.4 is 10.7 Å². The minimum atomic E-state index is 1.01. The zero-order chi connectivity index (χ0) is 17.1. The van der Waals surface area contributed by atoms with Gasteiger partial charge < -0.3 is 0 Å².